The maximum Gasteiger partial charge on any atom is 0.120 e. The van der Waals surface area contributed by atoms with Crippen molar-refractivity contribution in [3.05, 3.63) is 114 Å². The zero-order valence-electron chi connectivity index (χ0n) is 25.8. The molecule has 2 aromatic heterocycles. The molecule has 0 bridgehead atoms. The van der Waals surface area contributed by atoms with E-state index in [-0.39, 0.29) is 25.7 Å². The third-order valence-corrected chi connectivity index (χ3v) is 6.95. The van der Waals surface area contributed by atoms with Gasteiger partial charge in [0.25, 0.3) is 0 Å². The summed E-state index contributed by atoms with van der Waals surface area (Å²) in [6, 6.07) is 29.8. The Kier molecular flexibility index (Phi) is 6.52. The Hall–Kier alpha value is -3.33. The first-order valence-electron chi connectivity index (χ1n) is 15.3. The van der Waals surface area contributed by atoms with Crippen molar-refractivity contribution in [3.8, 4) is 11.3 Å². The Morgan fingerprint density at radius 3 is 2.58 bits per heavy atom. The van der Waals surface area contributed by atoms with Crippen molar-refractivity contribution >= 4 is 27.7 Å². The minimum absolute atomic E-state index is 0. The van der Waals surface area contributed by atoms with Crippen molar-refractivity contribution in [3.63, 3.8) is 0 Å². The van der Waals surface area contributed by atoms with Crippen LogP contribution < -0.4 is 0 Å². The standard InChI is InChI=1S/C18H14NO.C16H16N.Ir/c1-12-6-8-16(19-11-12)13-7-9-18-15(10-13)14-4-2-3-5-17(14)20-18;1-2-8-14(9-3-1)16-11-10-15(12-17-16)13-6-4-5-7-13;/h2-5,9-11H,6,8H2,1H3;1-3,8,10-13H,4-7H2;/q2*-1;/i1D3,6D,8D;;. The fourth-order valence-electron chi connectivity index (χ4n) is 4.99. The minimum atomic E-state index is -2.41. The summed E-state index contributed by atoms with van der Waals surface area (Å²) >= 11 is 0. The van der Waals surface area contributed by atoms with Crippen LogP contribution in [0.4, 0.5) is 0 Å². The summed E-state index contributed by atoms with van der Waals surface area (Å²) in [5.74, 6) is 0.747. The molecule has 1 aliphatic carbocycles. The molecule has 3 nitrogen and oxygen atoms in total. The van der Waals surface area contributed by atoms with E-state index in [0.717, 1.165) is 33.5 Å². The van der Waals surface area contributed by atoms with Crippen LogP contribution in [0, 0.1) is 12.1 Å². The molecule has 3 aromatic carbocycles. The van der Waals surface area contributed by atoms with Gasteiger partial charge in [-0.05, 0) is 61.4 Å². The van der Waals surface area contributed by atoms with Gasteiger partial charge in [-0.15, -0.1) is 59.7 Å². The van der Waals surface area contributed by atoms with Gasteiger partial charge in [-0.2, -0.15) is 0 Å². The first-order chi connectivity index (χ1) is 20.3. The average molecular weight is 680 g/mol. The number of fused-ring (bicyclic) bond motifs is 3. The maximum atomic E-state index is 8.26. The quantitative estimate of drug-likeness (QED) is 0.179. The number of benzene rings is 3. The molecule has 7 rings (SSSR count). The number of pyridine rings is 1. The Morgan fingerprint density at radius 2 is 1.79 bits per heavy atom. The fraction of sp³-hybridized carbons (Fsp3) is 0.235. The predicted molar refractivity (Wildman–Crippen MR) is 152 cm³/mol. The summed E-state index contributed by atoms with van der Waals surface area (Å²) in [5.41, 5.74) is 5.77. The van der Waals surface area contributed by atoms with Crippen molar-refractivity contribution in [1.82, 2.24) is 4.98 Å². The summed E-state index contributed by atoms with van der Waals surface area (Å²) in [6.07, 6.45) is 6.41. The van der Waals surface area contributed by atoms with Gasteiger partial charge in [-0.3, -0.25) is 0 Å². The average Bonchev–Trinajstić information content (AvgIpc) is 3.67. The second-order valence-electron chi connectivity index (χ2n) is 9.39. The van der Waals surface area contributed by atoms with Gasteiger partial charge < -0.3 is 14.4 Å². The van der Waals surface area contributed by atoms with Crippen LogP contribution in [0.25, 0.3) is 33.2 Å². The van der Waals surface area contributed by atoms with E-state index >= 15 is 0 Å². The van der Waals surface area contributed by atoms with E-state index in [9.17, 15) is 0 Å². The van der Waals surface area contributed by atoms with E-state index in [1.54, 1.807) is 6.07 Å². The maximum absolute atomic E-state index is 8.26. The third-order valence-electron chi connectivity index (χ3n) is 6.95. The SMILES string of the molecule is [2H]C1C(C([2H])([2H])[2H])=CN=C(c2[c-]cc3oc4ccccc4c3c2)C1[2H].[Ir].[c-]1ccccc1-c1ccc(C2CCCC2)cn1. The molecule has 193 valence electrons. The monoisotopic (exact) mass is 680 g/mol. The number of aromatic nitrogens is 1. The number of hydrogen-bond donors (Lipinski definition) is 0. The molecule has 2 aliphatic rings. The van der Waals surface area contributed by atoms with Crippen LogP contribution in [-0.4, -0.2) is 10.7 Å². The zero-order chi connectivity index (χ0) is 29.3. The molecule has 5 aromatic rings. The van der Waals surface area contributed by atoms with Crippen molar-refractivity contribution < 1.29 is 31.4 Å². The summed E-state index contributed by atoms with van der Waals surface area (Å²) in [7, 11) is 0. The molecule has 2 atom stereocenters. The van der Waals surface area contributed by atoms with Gasteiger partial charge in [-0.25, -0.2) is 0 Å². The van der Waals surface area contributed by atoms with Gasteiger partial charge in [0, 0.05) is 44.7 Å². The molecule has 0 saturated heterocycles. The first kappa shape index (κ1) is 20.6. The molecule has 4 heteroatoms. The number of hydrogen-bond acceptors (Lipinski definition) is 3. The number of rotatable bonds is 3. The zero-order valence-corrected chi connectivity index (χ0v) is 23.2. The van der Waals surface area contributed by atoms with Gasteiger partial charge in [0.2, 0.25) is 0 Å². The number of allylic oxidation sites excluding steroid dienone is 1. The van der Waals surface area contributed by atoms with Crippen molar-refractivity contribution in [1.29, 1.82) is 0 Å². The molecule has 1 fully saturated rings. The largest absolute Gasteiger partial charge is 0.500 e. The van der Waals surface area contributed by atoms with E-state index in [1.165, 1.54) is 37.4 Å². The van der Waals surface area contributed by atoms with E-state index in [0.29, 0.717) is 16.9 Å². The summed E-state index contributed by atoms with van der Waals surface area (Å²) in [4.78, 5) is 8.74. The molecule has 2 unspecified atom stereocenters. The van der Waals surface area contributed by atoms with Crippen molar-refractivity contribution in [2.24, 2.45) is 4.99 Å². The smallest absolute Gasteiger partial charge is 0.120 e. The Morgan fingerprint density at radius 1 is 0.921 bits per heavy atom. The van der Waals surface area contributed by atoms with Gasteiger partial charge in [0.1, 0.15) is 5.58 Å². The second-order valence-corrected chi connectivity index (χ2v) is 9.39. The topological polar surface area (TPSA) is 38.4 Å². The minimum Gasteiger partial charge on any atom is -0.500 e. The van der Waals surface area contributed by atoms with E-state index in [2.05, 4.69) is 40.3 Å². The van der Waals surface area contributed by atoms with Crippen LogP contribution in [0.1, 0.15) is 69.2 Å². The van der Waals surface area contributed by atoms with Gasteiger partial charge >= 0.3 is 0 Å². The predicted octanol–water partition coefficient (Wildman–Crippen LogP) is 9.08. The molecule has 0 N–H and O–H groups in total. The van der Waals surface area contributed by atoms with Gasteiger partial charge in [0.15, 0.2) is 0 Å². The number of para-hydroxylation sites is 1. The Bertz CT molecular complexity index is 1760. The van der Waals surface area contributed by atoms with E-state index < -0.39 is 19.6 Å². The summed E-state index contributed by atoms with van der Waals surface area (Å²) in [6.45, 7) is -2.41. The molecule has 1 radical (unpaired) electrons. The van der Waals surface area contributed by atoms with Crippen LogP contribution in [0.2, 0.25) is 0 Å². The molecule has 38 heavy (non-hydrogen) atoms. The normalized spacial score (nSPS) is 21.5. The number of furan rings is 1. The van der Waals surface area contributed by atoms with Crippen molar-refractivity contribution in [2.45, 2.75) is 51.2 Å². The van der Waals surface area contributed by atoms with E-state index in [1.807, 2.05) is 54.7 Å². The molecular weight excluding hydrogens is 645 g/mol. The number of aliphatic imine (C=N–C) groups is 1. The van der Waals surface area contributed by atoms with Crippen LogP contribution in [0.5, 0.6) is 0 Å². The molecule has 0 amide bonds. The van der Waals surface area contributed by atoms with Gasteiger partial charge in [0.05, 0.1) is 5.58 Å². The molecular formula is C34H30IrN2O-2. The molecule has 1 aliphatic heterocycles. The van der Waals surface area contributed by atoms with Gasteiger partial charge in [-0.1, -0.05) is 54.1 Å². The Labute approximate surface area is 245 Å². The number of nitrogens with zero attached hydrogens (tertiary/aromatic N) is 2. The summed E-state index contributed by atoms with van der Waals surface area (Å²) < 4.78 is 44.5. The molecule has 0 spiro atoms. The second kappa shape index (κ2) is 12.0. The summed E-state index contributed by atoms with van der Waals surface area (Å²) in [5, 5.41) is 1.83. The molecule has 3 heterocycles. The van der Waals surface area contributed by atoms with Crippen LogP contribution in [-0.2, 0) is 20.1 Å². The first-order valence-corrected chi connectivity index (χ1v) is 12.7. The van der Waals surface area contributed by atoms with Crippen LogP contribution >= 0.6 is 0 Å². The van der Waals surface area contributed by atoms with Crippen LogP contribution in [0.3, 0.4) is 0 Å². The van der Waals surface area contributed by atoms with Crippen molar-refractivity contribution in [2.75, 3.05) is 0 Å². The van der Waals surface area contributed by atoms with Crippen LogP contribution in [0.15, 0.2) is 100 Å². The Balaban J connectivity index is 0.000000179. The third kappa shape index (κ3) is 5.72. The fourth-order valence-corrected chi connectivity index (χ4v) is 4.99. The molecule has 1 saturated carbocycles. The van der Waals surface area contributed by atoms with E-state index in [4.69, 9.17) is 11.3 Å².